The van der Waals surface area contributed by atoms with E-state index in [1.807, 2.05) is 32.6 Å². The fourth-order valence-corrected chi connectivity index (χ4v) is 2.11. The van der Waals surface area contributed by atoms with Crippen LogP contribution in [0, 0.1) is 5.41 Å². The average molecular weight is 269 g/mol. The molecule has 1 aliphatic rings. The van der Waals surface area contributed by atoms with Gasteiger partial charge in [0.2, 0.25) is 11.8 Å². The second kappa shape index (κ2) is 6.89. The van der Waals surface area contributed by atoms with Crippen molar-refractivity contribution in [3.05, 3.63) is 0 Å². The highest BCUT2D eigenvalue weighted by Crippen LogP contribution is 2.18. The number of rotatable bonds is 4. The van der Waals surface area contributed by atoms with Crippen molar-refractivity contribution in [3.8, 4) is 0 Å². The topological polar surface area (TPSA) is 52.7 Å². The van der Waals surface area contributed by atoms with Crippen molar-refractivity contribution in [1.29, 1.82) is 0 Å². The van der Waals surface area contributed by atoms with Gasteiger partial charge in [-0.25, -0.2) is 0 Å². The van der Waals surface area contributed by atoms with Crippen molar-refractivity contribution in [2.45, 2.75) is 34.1 Å². The van der Waals surface area contributed by atoms with Gasteiger partial charge in [0.1, 0.15) is 0 Å². The minimum Gasteiger partial charge on any atom is -0.355 e. The summed E-state index contributed by atoms with van der Waals surface area (Å²) in [5.41, 5.74) is -0.319. The highest BCUT2D eigenvalue weighted by Gasteiger charge is 2.29. The van der Waals surface area contributed by atoms with Crippen LogP contribution in [0.3, 0.4) is 0 Å². The van der Waals surface area contributed by atoms with E-state index >= 15 is 0 Å². The first-order valence-corrected chi connectivity index (χ1v) is 7.13. The lowest BCUT2D eigenvalue weighted by molar-refractivity contribution is -0.141. The molecule has 5 nitrogen and oxygen atoms in total. The standard InChI is InChI=1S/C14H27N3O2/c1-5-6-15-12(18)11-16-7-9-17(10-8-16)13(19)14(2,3)4/h5-11H2,1-4H3,(H,15,18). The lowest BCUT2D eigenvalue weighted by Gasteiger charge is -2.37. The summed E-state index contributed by atoms with van der Waals surface area (Å²) < 4.78 is 0. The van der Waals surface area contributed by atoms with Crippen LogP contribution < -0.4 is 5.32 Å². The molecular weight excluding hydrogens is 242 g/mol. The molecule has 0 aliphatic carbocycles. The zero-order chi connectivity index (χ0) is 14.5. The van der Waals surface area contributed by atoms with E-state index in [2.05, 4.69) is 10.2 Å². The van der Waals surface area contributed by atoms with Gasteiger partial charge in [-0.1, -0.05) is 27.7 Å². The second-order valence-electron chi connectivity index (χ2n) is 6.17. The van der Waals surface area contributed by atoms with Crippen molar-refractivity contribution in [1.82, 2.24) is 15.1 Å². The molecule has 19 heavy (non-hydrogen) atoms. The summed E-state index contributed by atoms with van der Waals surface area (Å²) in [6.07, 6.45) is 0.958. The first-order valence-electron chi connectivity index (χ1n) is 7.13. The number of nitrogens with one attached hydrogen (secondary N) is 1. The molecule has 0 aromatic rings. The van der Waals surface area contributed by atoms with E-state index in [1.54, 1.807) is 0 Å². The van der Waals surface area contributed by atoms with Crippen LogP contribution >= 0.6 is 0 Å². The van der Waals surface area contributed by atoms with E-state index in [0.717, 1.165) is 39.1 Å². The molecule has 1 fully saturated rings. The highest BCUT2D eigenvalue weighted by molar-refractivity contribution is 5.81. The SMILES string of the molecule is CCCNC(=O)CN1CCN(C(=O)C(C)(C)C)CC1. The fraction of sp³-hybridized carbons (Fsp3) is 0.857. The van der Waals surface area contributed by atoms with E-state index in [4.69, 9.17) is 0 Å². The van der Waals surface area contributed by atoms with Crippen molar-refractivity contribution in [2.24, 2.45) is 5.41 Å². The molecule has 1 saturated heterocycles. The monoisotopic (exact) mass is 269 g/mol. The maximum Gasteiger partial charge on any atom is 0.234 e. The van der Waals surface area contributed by atoms with Gasteiger partial charge in [-0.15, -0.1) is 0 Å². The number of carbonyl (C=O) groups is 2. The molecule has 0 bridgehead atoms. The minimum absolute atomic E-state index is 0.0810. The summed E-state index contributed by atoms with van der Waals surface area (Å²) in [7, 11) is 0. The molecule has 1 aliphatic heterocycles. The first-order chi connectivity index (χ1) is 8.84. The molecule has 1 heterocycles. The zero-order valence-electron chi connectivity index (χ0n) is 12.7. The largest absolute Gasteiger partial charge is 0.355 e. The van der Waals surface area contributed by atoms with E-state index < -0.39 is 0 Å². The molecule has 5 heteroatoms. The zero-order valence-corrected chi connectivity index (χ0v) is 12.7. The molecule has 2 amide bonds. The predicted molar refractivity (Wildman–Crippen MR) is 75.8 cm³/mol. The Labute approximate surface area is 116 Å². The van der Waals surface area contributed by atoms with Crippen LogP contribution in [0.5, 0.6) is 0 Å². The van der Waals surface area contributed by atoms with Crippen LogP contribution in [0.4, 0.5) is 0 Å². The summed E-state index contributed by atoms with van der Waals surface area (Å²) in [5, 5.41) is 2.88. The Bertz CT molecular complexity index is 315. The third-order valence-electron chi connectivity index (χ3n) is 3.24. The maximum atomic E-state index is 12.1. The number of hydrogen-bond donors (Lipinski definition) is 1. The smallest absolute Gasteiger partial charge is 0.234 e. The molecule has 0 radical (unpaired) electrons. The van der Waals surface area contributed by atoms with E-state index in [-0.39, 0.29) is 17.2 Å². The number of hydrogen-bond acceptors (Lipinski definition) is 3. The summed E-state index contributed by atoms with van der Waals surface area (Å²) >= 11 is 0. The average Bonchev–Trinajstić information content (AvgIpc) is 2.35. The Kier molecular flexibility index (Phi) is 5.79. The Morgan fingerprint density at radius 1 is 1.11 bits per heavy atom. The molecule has 110 valence electrons. The highest BCUT2D eigenvalue weighted by atomic mass is 16.2. The van der Waals surface area contributed by atoms with Crippen LogP contribution in [-0.2, 0) is 9.59 Å². The Morgan fingerprint density at radius 2 is 1.68 bits per heavy atom. The summed E-state index contributed by atoms with van der Waals surface area (Å²) in [6.45, 7) is 12.0. The molecule has 0 aromatic heterocycles. The van der Waals surface area contributed by atoms with Crippen LogP contribution in [0.2, 0.25) is 0 Å². The normalized spacial score (nSPS) is 17.4. The van der Waals surface area contributed by atoms with E-state index in [1.165, 1.54) is 0 Å². The van der Waals surface area contributed by atoms with Crippen molar-refractivity contribution >= 4 is 11.8 Å². The molecule has 0 aromatic carbocycles. The van der Waals surface area contributed by atoms with E-state index in [0.29, 0.717) is 6.54 Å². The van der Waals surface area contributed by atoms with Gasteiger partial charge in [-0.3, -0.25) is 14.5 Å². The molecule has 1 rings (SSSR count). The number of amides is 2. The number of piperazine rings is 1. The summed E-state index contributed by atoms with van der Waals surface area (Å²) in [4.78, 5) is 27.7. The van der Waals surface area contributed by atoms with Gasteiger partial charge in [-0.05, 0) is 6.42 Å². The molecule has 0 atom stereocenters. The maximum absolute atomic E-state index is 12.1. The van der Waals surface area contributed by atoms with Gasteiger partial charge in [0.05, 0.1) is 6.54 Å². The molecule has 0 saturated carbocycles. The van der Waals surface area contributed by atoms with Gasteiger partial charge in [0, 0.05) is 38.1 Å². The second-order valence-corrected chi connectivity index (χ2v) is 6.17. The van der Waals surface area contributed by atoms with Crippen LogP contribution in [0.25, 0.3) is 0 Å². The Morgan fingerprint density at radius 3 is 2.16 bits per heavy atom. The van der Waals surface area contributed by atoms with Crippen molar-refractivity contribution in [3.63, 3.8) is 0 Å². The van der Waals surface area contributed by atoms with Crippen LogP contribution in [0.15, 0.2) is 0 Å². The van der Waals surface area contributed by atoms with E-state index in [9.17, 15) is 9.59 Å². The lowest BCUT2D eigenvalue weighted by Crippen LogP contribution is -2.53. The molecular formula is C14H27N3O2. The van der Waals surface area contributed by atoms with Gasteiger partial charge < -0.3 is 10.2 Å². The predicted octanol–water partition coefficient (Wildman–Crippen LogP) is 0.703. The molecule has 1 N–H and O–H groups in total. The Hall–Kier alpha value is -1.10. The van der Waals surface area contributed by atoms with Crippen LogP contribution in [-0.4, -0.2) is 60.9 Å². The number of carbonyl (C=O) groups excluding carboxylic acids is 2. The van der Waals surface area contributed by atoms with Crippen molar-refractivity contribution in [2.75, 3.05) is 39.3 Å². The third-order valence-corrected chi connectivity index (χ3v) is 3.24. The quantitative estimate of drug-likeness (QED) is 0.817. The summed E-state index contributed by atoms with van der Waals surface area (Å²) in [6, 6.07) is 0. The molecule has 0 spiro atoms. The van der Waals surface area contributed by atoms with Gasteiger partial charge in [0.25, 0.3) is 0 Å². The number of nitrogens with zero attached hydrogens (tertiary/aromatic N) is 2. The lowest BCUT2D eigenvalue weighted by atomic mass is 9.94. The van der Waals surface area contributed by atoms with Gasteiger partial charge >= 0.3 is 0 Å². The third kappa shape index (κ3) is 5.19. The first kappa shape index (κ1) is 16.0. The van der Waals surface area contributed by atoms with Crippen molar-refractivity contribution < 1.29 is 9.59 Å². The van der Waals surface area contributed by atoms with Gasteiger partial charge in [0.15, 0.2) is 0 Å². The summed E-state index contributed by atoms with van der Waals surface area (Å²) in [5.74, 6) is 0.278. The molecule has 0 unspecified atom stereocenters. The van der Waals surface area contributed by atoms with Crippen LogP contribution in [0.1, 0.15) is 34.1 Å². The van der Waals surface area contributed by atoms with Gasteiger partial charge in [-0.2, -0.15) is 0 Å². The Balaban J connectivity index is 2.33. The minimum atomic E-state index is -0.319. The fourth-order valence-electron chi connectivity index (χ4n) is 2.11.